The Hall–Kier alpha value is -1.64. The SMILES string of the molecule is CCCCCCCC(=O)Oc1c(F)c(F)c(S(C)(=O)=O)c(F)c1F. The Bertz CT molecular complexity index is 688. The van der Waals surface area contributed by atoms with Gasteiger partial charge in [-0.1, -0.05) is 32.6 Å². The summed E-state index contributed by atoms with van der Waals surface area (Å²) >= 11 is 0. The van der Waals surface area contributed by atoms with E-state index >= 15 is 0 Å². The molecule has 0 atom stereocenters. The summed E-state index contributed by atoms with van der Waals surface area (Å²) in [7, 11) is -4.55. The van der Waals surface area contributed by atoms with Crippen molar-refractivity contribution in [2.24, 2.45) is 0 Å². The average Bonchev–Trinajstić information content (AvgIpc) is 2.48. The van der Waals surface area contributed by atoms with Crippen molar-refractivity contribution >= 4 is 15.8 Å². The molecule has 1 aromatic rings. The Morgan fingerprint density at radius 3 is 1.88 bits per heavy atom. The van der Waals surface area contributed by atoms with Crippen LogP contribution in [0.2, 0.25) is 0 Å². The molecule has 24 heavy (non-hydrogen) atoms. The molecule has 0 radical (unpaired) electrons. The predicted octanol–water partition coefficient (Wildman–Crippen LogP) is 3.91. The van der Waals surface area contributed by atoms with Gasteiger partial charge in [-0.2, -0.15) is 8.78 Å². The van der Waals surface area contributed by atoms with E-state index in [-0.39, 0.29) is 6.42 Å². The van der Waals surface area contributed by atoms with Gasteiger partial charge in [0.05, 0.1) is 0 Å². The highest BCUT2D eigenvalue weighted by Gasteiger charge is 2.32. The second-order valence-electron chi connectivity index (χ2n) is 5.32. The fourth-order valence-corrected chi connectivity index (χ4v) is 2.87. The highest BCUT2D eigenvalue weighted by Crippen LogP contribution is 2.32. The molecule has 0 saturated heterocycles. The third-order valence-corrected chi connectivity index (χ3v) is 4.35. The summed E-state index contributed by atoms with van der Waals surface area (Å²) < 4.78 is 81.7. The molecule has 1 rings (SSSR count). The van der Waals surface area contributed by atoms with Crippen molar-refractivity contribution < 1.29 is 35.5 Å². The number of esters is 1. The van der Waals surface area contributed by atoms with Gasteiger partial charge in [0, 0.05) is 12.7 Å². The van der Waals surface area contributed by atoms with Gasteiger partial charge in [-0.15, -0.1) is 0 Å². The number of ether oxygens (including phenoxy) is 1. The zero-order valence-electron chi connectivity index (χ0n) is 13.3. The van der Waals surface area contributed by atoms with Crippen molar-refractivity contribution in [2.45, 2.75) is 50.3 Å². The van der Waals surface area contributed by atoms with E-state index < -0.39 is 49.7 Å². The number of unbranched alkanes of at least 4 members (excludes halogenated alkanes) is 4. The maximum atomic E-state index is 13.8. The van der Waals surface area contributed by atoms with Crippen LogP contribution < -0.4 is 4.74 Å². The molecule has 0 aliphatic heterocycles. The topological polar surface area (TPSA) is 60.4 Å². The molecular formula is C15H18F4O4S. The summed E-state index contributed by atoms with van der Waals surface area (Å²) in [5.41, 5.74) is 0. The van der Waals surface area contributed by atoms with Gasteiger partial charge in [0.1, 0.15) is 4.90 Å². The van der Waals surface area contributed by atoms with Gasteiger partial charge in [0.2, 0.25) is 17.4 Å². The van der Waals surface area contributed by atoms with Crippen LogP contribution >= 0.6 is 0 Å². The number of hydrogen-bond donors (Lipinski definition) is 0. The lowest BCUT2D eigenvalue weighted by Crippen LogP contribution is -2.15. The highest BCUT2D eigenvalue weighted by atomic mass is 32.2. The molecule has 0 heterocycles. The lowest BCUT2D eigenvalue weighted by Gasteiger charge is -2.11. The second kappa shape index (κ2) is 8.46. The van der Waals surface area contributed by atoms with Crippen LogP contribution in [0.25, 0.3) is 0 Å². The van der Waals surface area contributed by atoms with Gasteiger partial charge in [-0.25, -0.2) is 17.2 Å². The highest BCUT2D eigenvalue weighted by molar-refractivity contribution is 7.90. The minimum atomic E-state index is -4.55. The Kier molecular flexibility index (Phi) is 7.19. The first-order valence-electron chi connectivity index (χ1n) is 7.37. The van der Waals surface area contributed by atoms with Crippen LogP contribution in [0.5, 0.6) is 5.75 Å². The third-order valence-electron chi connectivity index (χ3n) is 3.25. The van der Waals surface area contributed by atoms with Crippen LogP contribution in [0.3, 0.4) is 0 Å². The summed E-state index contributed by atoms with van der Waals surface area (Å²) in [4.78, 5) is 9.80. The fourth-order valence-electron chi connectivity index (χ4n) is 2.04. The molecule has 0 saturated carbocycles. The number of benzene rings is 1. The van der Waals surface area contributed by atoms with Crippen LogP contribution in [-0.4, -0.2) is 20.6 Å². The smallest absolute Gasteiger partial charge is 0.311 e. The first-order valence-corrected chi connectivity index (χ1v) is 9.27. The zero-order valence-corrected chi connectivity index (χ0v) is 14.1. The molecule has 0 aliphatic carbocycles. The Morgan fingerprint density at radius 1 is 0.917 bits per heavy atom. The van der Waals surface area contributed by atoms with Gasteiger partial charge < -0.3 is 4.74 Å². The Labute approximate surface area is 137 Å². The molecule has 0 unspecified atom stereocenters. The second-order valence-corrected chi connectivity index (χ2v) is 7.28. The maximum absolute atomic E-state index is 13.8. The number of sulfone groups is 1. The van der Waals surface area contributed by atoms with E-state index in [0.717, 1.165) is 19.3 Å². The summed E-state index contributed by atoms with van der Waals surface area (Å²) in [6, 6.07) is 0. The number of hydrogen-bond acceptors (Lipinski definition) is 4. The van der Waals surface area contributed by atoms with Gasteiger partial charge in [0.15, 0.2) is 21.5 Å². The van der Waals surface area contributed by atoms with Crippen LogP contribution in [-0.2, 0) is 14.6 Å². The van der Waals surface area contributed by atoms with Crippen molar-refractivity contribution in [1.29, 1.82) is 0 Å². The van der Waals surface area contributed by atoms with Crippen LogP contribution in [0.4, 0.5) is 17.6 Å². The van der Waals surface area contributed by atoms with E-state index in [1.807, 2.05) is 6.92 Å². The molecule has 0 aromatic heterocycles. The van der Waals surface area contributed by atoms with Crippen LogP contribution in [0, 0.1) is 23.3 Å². The minimum Gasteiger partial charge on any atom is -0.420 e. The monoisotopic (exact) mass is 370 g/mol. The van der Waals surface area contributed by atoms with E-state index in [2.05, 4.69) is 4.74 Å². The zero-order chi connectivity index (χ0) is 18.5. The molecule has 0 aliphatic rings. The molecule has 9 heteroatoms. The van der Waals surface area contributed by atoms with Gasteiger partial charge in [-0.05, 0) is 6.42 Å². The fraction of sp³-hybridized carbons (Fsp3) is 0.533. The summed E-state index contributed by atoms with van der Waals surface area (Å²) in [5, 5.41) is 0. The van der Waals surface area contributed by atoms with E-state index in [0.29, 0.717) is 19.1 Å². The van der Waals surface area contributed by atoms with E-state index in [9.17, 15) is 30.8 Å². The third kappa shape index (κ3) is 4.93. The lowest BCUT2D eigenvalue weighted by atomic mass is 10.1. The van der Waals surface area contributed by atoms with E-state index in [1.54, 1.807) is 0 Å². The van der Waals surface area contributed by atoms with Crippen molar-refractivity contribution in [2.75, 3.05) is 6.26 Å². The number of halogens is 4. The molecule has 0 spiro atoms. The van der Waals surface area contributed by atoms with Crippen LogP contribution in [0.15, 0.2) is 4.90 Å². The summed E-state index contributed by atoms with van der Waals surface area (Å²) in [6.07, 6.45) is 4.15. The normalized spacial score (nSPS) is 11.6. The average molecular weight is 370 g/mol. The Balaban J connectivity index is 2.96. The van der Waals surface area contributed by atoms with Gasteiger partial charge in [-0.3, -0.25) is 4.79 Å². The lowest BCUT2D eigenvalue weighted by molar-refractivity contribution is -0.135. The van der Waals surface area contributed by atoms with E-state index in [1.165, 1.54) is 0 Å². The number of rotatable bonds is 8. The van der Waals surface area contributed by atoms with Crippen molar-refractivity contribution in [3.8, 4) is 5.75 Å². The molecular weight excluding hydrogens is 352 g/mol. The number of carbonyl (C=O) groups excluding carboxylic acids is 1. The van der Waals surface area contributed by atoms with Gasteiger partial charge in [0.25, 0.3) is 0 Å². The van der Waals surface area contributed by atoms with Crippen molar-refractivity contribution in [3.63, 3.8) is 0 Å². The first-order chi connectivity index (χ1) is 11.1. The molecule has 0 N–H and O–H groups in total. The molecule has 0 fully saturated rings. The molecule has 4 nitrogen and oxygen atoms in total. The summed E-state index contributed by atoms with van der Waals surface area (Å²) in [6.45, 7) is 2.00. The maximum Gasteiger partial charge on any atom is 0.311 e. The first kappa shape index (κ1) is 20.4. The van der Waals surface area contributed by atoms with Crippen molar-refractivity contribution in [3.05, 3.63) is 23.3 Å². The molecule has 1 aromatic carbocycles. The standard InChI is InChI=1S/C15H18F4O4S/c1-3-4-5-6-7-8-9(20)23-14-10(16)12(18)15(24(2,21)22)13(19)11(14)17/h3-8H2,1-2H3. The summed E-state index contributed by atoms with van der Waals surface area (Å²) in [5.74, 6) is -11.0. The molecule has 136 valence electrons. The predicted molar refractivity (Wildman–Crippen MR) is 78.4 cm³/mol. The van der Waals surface area contributed by atoms with E-state index in [4.69, 9.17) is 0 Å². The quantitative estimate of drug-likeness (QED) is 0.229. The Morgan fingerprint density at radius 2 is 1.42 bits per heavy atom. The molecule has 0 amide bonds. The molecule has 0 bridgehead atoms. The van der Waals surface area contributed by atoms with Gasteiger partial charge >= 0.3 is 5.97 Å². The number of carbonyl (C=O) groups is 1. The van der Waals surface area contributed by atoms with Crippen molar-refractivity contribution in [1.82, 2.24) is 0 Å². The largest absolute Gasteiger partial charge is 0.420 e. The minimum absolute atomic E-state index is 0.181. The van der Waals surface area contributed by atoms with Crippen LogP contribution in [0.1, 0.15) is 45.4 Å².